The first-order valence-corrected chi connectivity index (χ1v) is 7.03. The molecule has 1 fully saturated rings. The maximum Gasteiger partial charge on any atom is 0.147 e. The summed E-state index contributed by atoms with van der Waals surface area (Å²) in [6.07, 6.45) is 3.46. The summed E-state index contributed by atoms with van der Waals surface area (Å²) in [6, 6.07) is 6.63. The van der Waals surface area contributed by atoms with Crippen molar-refractivity contribution >= 4 is 11.5 Å². The van der Waals surface area contributed by atoms with E-state index < -0.39 is 0 Å². The van der Waals surface area contributed by atoms with Crippen molar-refractivity contribution in [3.63, 3.8) is 0 Å². The summed E-state index contributed by atoms with van der Waals surface area (Å²) in [5.74, 6) is 0.669. The van der Waals surface area contributed by atoms with Crippen LogP contribution in [0.2, 0.25) is 0 Å². The summed E-state index contributed by atoms with van der Waals surface area (Å²) in [5.41, 5.74) is 7.45. The largest absolute Gasteiger partial charge is 0.368 e. The molecule has 0 amide bonds. The van der Waals surface area contributed by atoms with Crippen LogP contribution in [0, 0.1) is 5.82 Å². The lowest BCUT2D eigenvalue weighted by Crippen LogP contribution is -2.47. The highest BCUT2D eigenvalue weighted by Crippen LogP contribution is 2.19. The molecule has 1 aromatic heterocycles. The van der Waals surface area contributed by atoms with Crippen LogP contribution in [-0.4, -0.2) is 36.1 Å². The van der Waals surface area contributed by atoms with E-state index in [4.69, 9.17) is 5.73 Å². The minimum Gasteiger partial charge on any atom is -0.368 e. The zero-order valence-electron chi connectivity index (χ0n) is 11.7. The molecule has 0 saturated carbocycles. The van der Waals surface area contributed by atoms with E-state index in [1.165, 1.54) is 12.1 Å². The number of nitrogens with zero attached hydrogens (tertiary/aromatic N) is 4. The van der Waals surface area contributed by atoms with Crippen LogP contribution in [0.15, 0.2) is 36.7 Å². The second kappa shape index (κ2) is 6.05. The van der Waals surface area contributed by atoms with Gasteiger partial charge in [-0.3, -0.25) is 4.98 Å². The molecule has 1 saturated heterocycles. The third kappa shape index (κ3) is 3.11. The normalized spacial score (nSPS) is 15.3. The van der Waals surface area contributed by atoms with Gasteiger partial charge in [0.05, 0.1) is 11.9 Å². The second-order valence-electron chi connectivity index (χ2n) is 5.02. The number of aromatic nitrogens is 2. The summed E-state index contributed by atoms with van der Waals surface area (Å²) < 4.78 is 13.0. The van der Waals surface area contributed by atoms with Crippen molar-refractivity contribution in [1.82, 2.24) is 9.97 Å². The van der Waals surface area contributed by atoms with E-state index in [-0.39, 0.29) is 5.82 Å². The molecule has 1 aliphatic rings. The van der Waals surface area contributed by atoms with Gasteiger partial charge in [0, 0.05) is 44.6 Å². The van der Waals surface area contributed by atoms with Crippen molar-refractivity contribution in [2.75, 3.05) is 36.0 Å². The summed E-state index contributed by atoms with van der Waals surface area (Å²) in [4.78, 5) is 13.1. The van der Waals surface area contributed by atoms with Crippen LogP contribution in [0.4, 0.5) is 15.9 Å². The Morgan fingerprint density at radius 1 is 1.00 bits per heavy atom. The number of halogens is 1. The van der Waals surface area contributed by atoms with Crippen LogP contribution in [-0.2, 0) is 6.54 Å². The third-order valence-electron chi connectivity index (χ3n) is 3.68. The predicted molar refractivity (Wildman–Crippen MR) is 80.7 cm³/mol. The van der Waals surface area contributed by atoms with Gasteiger partial charge in [-0.1, -0.05) is 0 Å². The minimum atomic E-state index is -0.203. The lowest BCUT2D eigenvalue weighted by molar-refractivity contribution is 0.624. The summed E-state index contributed by atoms with van der Waals surface area (Å²) in [7, 11) is 0. The molecule has 1 aliphatic heterocycles. The topological polar surface area (TPSA) is 58.3 Å². The first kappa shape index (κ1) is 13.8. The number of hydrogen-bond acceptors (Lipinski definition) is 5. The average Bonchev–Trinajstić information content (AvgIpc) is 2.56. The first-order valence-electron chi connectivity index (χ1n) is 7.03. The lowest BCUT2D eigenvalue weighted by Gasteiger charge is -2.36. The van der Waals surface area contributed by atoms with Crippen LogP contribution >= 0.6 is 0 Å². The van der Waals surface area contributed by atoms with Crippen molar-refractivity contribution in [3.05, 3.63) is 48.2 Å². The van der Waals surface area contributed by atoms with Gasteiger partial charge in [-0.2, -0.15) is 0 Å². The highest BCUT2D eigenvalue weighted by Gasteiger charge is 2.18. The molecule has 0 atom stereocenters. The fraction of sp³-hybridized carbons (Fsp3) is 0.333. The van der Waals surface area contributed by atoms with Gasteiger partial charge in [0.2, 0.25) is 0 Å². The van der Waals surface area contributed by atoms with Gasteiger partial charge >= 0.3 is 0 Å². The van der Waals surface area contributed by atoms with Gasteiger partial charge in [-0.15, -0.1) is 0 Å². The quantitative estimate of drug-likeness (QED) is 0.925. The maximum absolute atomic E-state index is 13.0. The monoisotopic (exact) mass is 287 g/mol. The van der Waals surface area contributed by atoms with Crippen molar-refractivity contribution in [2.24, 2.45) is 5.73 Å². The molecule has 21 heavy (non-hydrogen) atoms. The molecule has 3 rings (SSSR count). The molecule has 0 bridgehead atoms. The molecule has 110 valence electrons. The highest BCUT2D eigenvalue weighted by atomic mass is 19.1. The number of rotatable bonds is 3. The van der Waals surface area contributed by atoms with Crippen molar-refractivity contribution in [3.8, 4) is 0 Å². The van der Waals surface area contributed by atoms with Crippen molar-refractivity contribution < 1.29 is 4.39 Å². The van der Waals surface area contributed by atoms with Crippen molar-refractivity contribution in [2.45, 2.75) is 6.54 Å². The van der Waals surface area contributed by atoms with Crippen LogP contribution in [0.25, 0.3) is 0 Å². The molecule has 0 radical (unpaired) electrons. The van der Waals surface area contributed by atoms with Gasteiger partial charge in [-0.25, -0.2) is 9.37 Å². The van der Waals surface area contributed by atoms with Gasteiger partial charge in [0.15, 0.2) is 0 Å². The van der Waals surface area contributed by atoms with Crippen molar-refractivity contribution in [1.29, 1.82) is 0 Å². The van der Waals surface area contributed by atoms with E-state index in [9.17, 15) is 4.39 Å². The van der Waals surface area contributed by atoms with Crippen LogP contribution in [0.5, 0.6) is 0 Å². The number of nitrogens with two attached hydrogens (primary N) is 1. The van der Waals surface area contributed by atoms with E-state index in [1.807, 2.05) is 12.1 Å². The van der Waals surface area contributed by atoms with E-state index in [0.29, 0.717) is 6.54 Å². The molecule has 0 aliphatic carbocycles. The zero-order valence-corrected chi connectivity index (χ0v) is 11.7. The maximum atomic E-state index is 13.0. The Hall–Kier alpha value is -2.21. The van der Waals surface area contributed by atoms with E-state index in [1.54, 1.807) is 12.4 Å². The Kier molecular flexibility index (Phi) is 3.96. The average molecular weight is 287 g/mol. The van der Waals surface area contributed by atoms with E-state index in [2.05, 4.69) is 19.8 Å². The number of anilines is 2. The van der Waals surface area contributed by atoms with Gasteiger partial charge < -0.3 is 15.5 Å². The summed E-state index contributed by atoms with van der Waals surface area (Å²) >= 11 is 0. The van der Waals surface area contributed by atoms with E-state index in [0.717, 1.165) is 43.4 Å². The minimum absolute atomic E-state index is 0.203. The highest BCUT2D eigenvalue weighted by molar-refractivity contribution is 5.49. The number of piperazine rings is 1. The molecule has 6 heteroatoms. The standard InChI is InChI=1S/C15H18FN5/c16-12-1-3-14(4-2-12)20-5-7-21(8-6-20)15-11-18-10-13(9-17)19-15/h1-4,10-11H,5-9,17H2. The SMILES string of the molecule is NCc1cncc(N2CCN(c3ccc(F)cc3)CC2)n1. The Bertz CT molecular complexity index is 593. The molecule has 5 nitrogen and oxygen atoms in total. The van der Waals surface area contributed by atoms with Gasteiger partial charge in [-0.05, 0) is 24.3 Å². The van der Waals surface area contributed by atoms with E-state index >= 15 is 0 Å². The lowest BCUT2D eigenvalue weighted by atomic mass is 10.2. The molecule has 2 aromatic rings. The predicted octanol–water partition coefficient (Wildman–Crippen LogP) is 1.40. The molecule has 0 spiro atoms. The molecular formula is C15H18FN5. The summed E-state index contributed by atoms with van der Waals surface area (Å²) in [5, 5.41) is 0. The number of hydrogen-bond donors (Lipinski definition) is 1. The summed E-state index contributed by atoms with van der Waals surface area (Å²) in [6.45, 7) is 3.87. The molecular weight excluding hydrogens is 269 g/mol. The zero-order chi connectivity index (χ0) is 14.7. The van der Waals surface area contributed by atoms with Gasteiger partial charge in [0.1, 0.15) is 11.6 Å². The number of benzene rings is 1. The molecule has 0 unspecified atom stereocenters. The smallest absolute Gasteiger partial charge is 0.147 e. The Labute approximate surface area is 123 Å². The van der Waals surface area contributed by atoms with Crippen LogP contribution in [0.1, 0.15) is 5.69 Å². The fourth-order valence-electron chi connectivity index (χ4n) is 2.49. The Balaban J connectivity index is 1.65. The van der Waals surface area contributed by atoms with Crippen LogP contribution in [0.3, 0.4) is 0 Å². The molecule has 2 heterocycles. The van der Waals surface area contributed by atoms with Crippen LogP contribution < -0.4 is 15.5 Å². The Morgan fingerprint density at radius 3 is 2.33 bits per heavy atom. The Morgan fingerprint density at radius 2 is 1.67 bits per heavy atom. The molecule has 2 N–H and O–H groups in total. The molecule has 1 aromatic carbocycles. The fourth-order valence-corrected chi connectivity index (χ4v) is 2.49. The first-order chi connectivity index (χ1) is 10.3. The third-order valence-corrected chi connectivity index (χ3v) is 3.68. The second-order valence-corrected chi connectivity index (χ2v) is 5.02. The van der Waals surface area contributed by atoms with Gasteiger partial charge in [0.25, 0.3) is 0 Å².